The lowest BCUT2D eigenvalue weighted by Crippen LogP contribution is -2.37. The Kier molecular flexibility index (Phi) is 11.9. The Morgan fingerprint density at radius 1 is 1.22 bits per heavy atom. The molecule has 6 nitrogen and oxygen atoms in total. The van der Waals surface area contributed by atoms with E-state index < -0.39 is 0 Å². The van der Waals surface area contributed by atoms with Crippen molar-refractivity contribution in [2.24, 2.45) is 4.99 Å². The Hall–Kier alpha value is -1.51. The maximum absolute atomic E-state index is 11.7. The molecule has 0 atom stereocenters. The number of ether oxygens (including phenoxy) is 1. The van der Waals surface area contributed by atoms with E-state index in [0.717, 1.165) is 37.3 Å². The number of carbonyl (C=O) groups excluding carboxylic acids is 1. The second kappa shape index (κ2) is 13.6. The Labute approximate surface area is 179 Å². The fourth-order valence-corrected chi connectivity index (χ4v) is 2.56. The molecule has 7 heteroatoms. The number of rotatable bonds is 11. The molecule has 0 aliphatic heterocycles. The van der Waals surface area contributed by atoms with Crippen molar-refractivity contribution in [3.05, 3.63) is 29.8 Å². The second-order valence-electron chi connectivity index (χ2n) is 6.69. The minimum Gasteiger partial charge on any atom is -0.484 e. The highest BCUT2D eigenvalue weighted by Crippen LogP contribution is 2.18. The van der Waals surface area contributed by atoms with Crippen molar-refractivity contribution in [1.82, 2.24) is 16.0 Å². The van der Waals surface area contributed by atoms with E-state index in [1.54, 1.807) is 7.05 Å². The van der Waals surface area contributed by atoms with Crippen molar-refractivity contribution >= 4 is 35.8 Å². The third kappa shape index (κ3) is 10.4. The minimum absolute atomic E-state index is 0. The Bertz CT molecular complexity index is 591. The van der Waals surface area contributed by atoms with Gasteiger partial charge in [0, 0.05) is 26.2 Å². The molecule has 1 aromatic carbocycles. The zero-order chi connectivity index (χ0) is 18.6. The van der Waals surface area contributed by atoms with Crippen LogP contribution in [0.5, 0.6) is 5.75 Å². The molecule has 0 spiro atoms. The van der Waals surface area contributed by atoms with E-state index in [1.807, 2.05) is 24.3 Å². The summed E-state index contributed by atoms with van der Waals surface area (Å²) in [6.45, 7) is 3.86. The summed E-state index contributed by atoms with van der Waals surface area (Å²) in [5, 5.41) is 9.56. The summed E-state index contributed by atoms with van der Waals surface area (Å²) < 4.78 is 5.59. The number of nitrogens with zero attached hydrogens (tertiary/aromatic N) is 1. The summed E-state index contributed by atoms with van der Waals surface area (Å²) in [5.41, 5.74) is 1.08. The number of nitrogens with one attached hydrogen (secondary N) is 3. The number of benzene rings is 1. The van der Waals surface area contributed by atoms with Gasteiger partial charge in [0.25, 0.3) is 5.91 Å². The van der Waals surface area contributed by atoms with Gasteiger partial charge in [0.1, 0.15) is 5.75 Å². The van der Waals surface area contributed by atoms with E-state index in [1.165, 1.54) is 19.3 Å². The average molecular weight is 488 g/mol. The molecule has 2 rings (SSSR count). The van der Waals surface area contributed by atoms with E-state index >= 15 is 0 Å². The van der Waals surface area contributed by atoms with Crippen molar-refractivity contribution in [3.63, 3.8) is 0 Å². The van der Waals surface area contributed by atoms with Crippen LogP contribution in [0.3, 0.4) is 0 Å². The number of halogens is 1. The van der Waals surface area contributed by atoms with Crippen LogP contribution in [0.15, 0.2) is 29.3 Å². The number of guanidine groups is 1. The largest absolute Gasteiger partial charge is 0.484 e. The second-order valence-corrected chi connectivity index (χ2v) is 6.69. The highest BCUT2D eigenvalue weighted by molar-refractivity contribution is 14.0. The lowest BCUT2D eigenvalue weighted by Gasteiger charge is -2.13. The summed E-state index contributed by atoms with van der Waals surface area (Å²) in [7, 11) is 1.78. The molecule has 0 unspecified atom stereocenters. The molecule has 1 aromatic rings. The van der Waals surface area contributed by atoms with Crippen LogP contribution in [0.4, 0.5) is 0 Å². The normalized spacial score (nSPS) is 13.5. The first-order valence-corrected chi connectivity index (χ1v) is 9.67. The fourth-order valence-electron chi connectivity index (χ4n) is 2.56. The SMILES string of the molecule is CCCCCCNC(=NC)NCc1cccc(OCC(=O)NC2CC2)c1.I. The maximum atomic E-state index is 11.7. The predicted molar refractivity (Wildman–Crippen MR) is 121 cm³/mol. The lowest BCUT2D eigenvalue weighted by molar-refractivity contribution is -0.123. The average Bonchev–Trinajstić information content (AvgIpc) is 3.46. The lowest BCUT2D eigenvalue weighted by atomic mass is 10.2. The molecule has 27 heavy (non-hydrogen) atoms. The van der Waals surface area contributed by atoms with Gasteiger partial charge in [0.15, 0.2) is 12.6 Å². The summed E-state index contributed by atoms with van der Waals surface area (Å²) >= 11 is 0. The molecule has 152 valence electrons. The summed E-state index contributed by atoms with van der Waals surface area (Å²) in [4.78, 5) is 15.9. The monoisotopic (exact) mass is 488 g/mol. The van der Waals surface area contributed by atoms with Crippen LogP contribution in [0, 0.1) is 0 Å². The van der Waals surface area contributed by atoms with Crippen LogP contribution in [-0.2, 0) is 11.3 Å². The van der Waals surface area contributed by atoms with E-state index in [4.69, 9.17) is 4.74 Å². The number of carbonyl (C=O) groups is 1. The zero-order valence-electron chi connectivity index (χ0n) is 16.4. The number of aliphatic imine (C=N–C) groups is 1. The molecule has 3 N–H and O–H groups in total. The first-order chi connectivity index (χ1) is 12.7. The van der Waals surface area contributed by atoms with Gasteiger partial charge in [-0.15, -0.1) is 24.0 Å². The first-order valence-electron chi connectivity index (χ1n) is 9.67. The van der Waals surface area contributed by atoms with Crippen LogP contribution in [0.25, 0.3) is 0 Å². The topological polar surface area (TPSA) is 74.8 Å². The molecular formula is C20H33IN4O2. The van der Waals surface area contributed by atoms with E-state index in [2.05, 4.69) is 27.9 Å². The Morgan fingerprint density at radius 3 is 2.74 bits per heavy atom. The summed E-state index contributed by atoms with van der Waals surface area (Å²) in [6, 6.07) is 8.15. The third-order valence-corrected chi connectivity index (χ3v) is 4.22. The van der Waals surface area contributed by atoms with Gasteiger partial charge < -0.3 is 20.7 Å². The first kappa shape index (κ1) is 23.5. The van der Waals surface area contributed by atoms with Crippen molar-refractivity contribution in [3.8, 4) is 5.75 Å². The standard InChI is InChI=1S/C20H32N4O2.HI/c1-3-4-5-6-12-22-20(21-2)23-14-16-8-7-9-18(13-16)26-15-19(25)24-17-10-11-17;/h7-9,13,17H,3-6,10-12,14-15H2,1-2H3,(H,24,25)(H2,21,22,23);1H. The van der Waals surface area contributed by atoms with Crippen molar-refractivity contribution < 1.29 is 9.53 Å². The highest BCUT2D eigenvalue weighted by atomic mass is 127. The molecule has 1 aliphatic rings. The van der Waals surface area contributed by atoms with Crippen molar-refractivity contribution in [2.75, 3.05) is 20.2 Å². The predicted octanol–water partition coefficient (Wildman–Crippen LogP) is 3.21. The van der Waals surface area contributed by atoms with Crippen LogP contribution in [0.2, 0.25) is 0 Å². The summed E-state index contributed by atoms with van der Waals surface area (Å²) in [6.07, 6.45) is 7.09. The van der Waals surface area contributed by atoms with Crippen molar-refractivity contribution in [1.29, 1.82) is 0 Å². The van der Waals surface area contributed by atoms with E-state index in [9.17, 15) is 4.79 Å². The smallest absolute Gasteiger partial charge is 0.258 e. The number of hydrogen-bond acceptors (Lipinski definition) is 3. The molecule has 1 saturated carbocycles. The van der Waals surface area contributed by atoms with Gasteiger partial charge in [-0.05, 0) is 37.0 Å². The van der Waals surface area contributed by atoms with Gasteiger partial charge >= 0.3 is 0 Å². The molecule has 0 saturated heterocycles. The fraction of sp³-hybridized carbons (Fsp3) is 0.600. The summed E-state index contributed by atoms with van der Waals surface area (Å²) in [5.74, 6) is 1.46. The molecule has 0 aromatic heterocycles. The highest BCUT2D eigenvalue weighted by Gasteiger charge is 2.23. The third-order valence-electron chi connectivity index (χ3n) is 4.22. The van der Waals surface area contributed by atoms with Gasteiger partial charge in [0.2, 0.25) is 0 Å². The molecule has 0 radical (unpaired) electrons. The van der Waals surface area contributed by atoms with Gasteiger partial charge in [-0.3, -0.25) is 9.79 Å². The Morgan fingerprint density at radius 2 is 2.04 bits per heavy atom. The van der Waals surface area contributed by atoms with Crippen LogP contribution in [-0.4, -0.2) is 38.1 Å². The molecular weight excluding hydrogens is 455 g/mol. The number of hydrogen-bond donors (Lipinski definition) is 3. The van der Waals surface area contributed by atoms with Crippen LogP contribution in [0.1, 0.15) is 51.0 Å². The van der Waals surface area contributed by atoms with Gasteiger partial charge in [0.05, 0.1) is 0 Å². The number of amides is 1. The van der Waals surface area contributed by atoms with Gasteiger partial charge in [-0.1, -0.05) is 38.3 Å². The molecule has 0 bridgehead atoms. The Balaban J connectivity index is 0.00000364. The van der Waals surface area contributed by atoms with Crippen LogP contribution >= 0.6 is 24.0 Å². The molecule has 0 heterocycles. The van der Waals surface area contributed by atoms with E-state index in [-0.39, 0.29) is 36.5 Å². The van der Waals surface area contributed by atoms with Gasteiger partial charge in [-0.25, -0.2) is 0 Å². The molecule has 1 aliphatic carbocycles. The quantitative estimate of drug-likeness (QED) is 0.194. The molecule has 1 fully saturated rings. The number of unbranched alkanes of at least 4 members (excludes halogenated alkanes) is 3. The van der Waals surface area contributed by atoms with E-state index in [0.29, 0.717) is 18.3 Å². The van der Waals surface area contributed by atoms with Crippen molar-refractivity contribution in [2.45, 2.75) is 58.0 Å². The van der Waals surface area contributed by atoms with Gasteiger partial charge in [-0.2, -0.15) is 0 Å². The maximum Gasteiger partial charge on any atom is 0.258 e. The van der Waals surface area contributed by atoms with Crippen LogP contribution < -0.4 is 20.7 Å². The zero-order valence-corrected chi connectivity index (χ0v) is 18.8. The molecule has 1 amide bonds. The minimum atomic E-state index is -0.0521.